The Hall–Kier alpha value is -2.60. The molecule has 2 heterocycles. The molecule has 0 spiro atoms. The van der Waals surface area contributed by atoms with Crippen molar-refractivity contribution in [1.82, 2.24) is 0 Å². The van der Waals surface area contributed by atoms with Gasteiger partial charge in [0.2, 0.25) is 0 Å². The predicted octanol–water partition coefficient (Wildman–Crippen LogP) is 3.12. The maximum absolute atomic E-state index is 12.3. The highest BCUT2D eigenvalue weighted by molar-refractivity contribution is 7.10. The van der Waals surface area contributed by atoms with Gasteiger partial charge in [0.25, 0.3) is 11.8 Å². The quantitative estimate of drug-likeness (QED) is 0.855. The second-order valence-corrected chi connectivity index (χ2v) is 5.80. The molecule has 1 aliphatic heterocycles. The van der Waals surface area contributed by atoms with Crippen molar-refractivity contribution in [3.63, 3.8) is 0 Å². The fourth-order valence-corrected chi connectivity index (χ4v) is 2.80. The summed E-state index contributed by atoms with van der Waals surface area (Å²) in [5.74, 6) is 0.0754. The highest BCUT2D eigenvalue weighted by Crippen LogP contribution is 2.35. The van der Waals surface area contributed by atoms with Crippen LogP contribution in [-0.4, -0.2) is 18.4 Å². The van der Waals surface area contributed by atoms with Crippen LogP contribution in [0.5, 0.6) is 5.75 Å². The molecular weight excluding hydrogens is 300 g/mol. The summed E-state index contributed by atoms with van der Waals surface area (Å²) in [5.41, 5.74) is 1.70. The number of ether oxygens (including phenoxy) is 1. The molecule has 1 aromatic carbocycles. The largest absolute Gasteiger partial charge is 0.479 e. The fraction of sp³-hybridized carbons (Fsp3) is 0.125. The Morgan fingerprint density at radius 1 is 1.36 bits per heavy atom. The van der Waals surface area contributed by atoms with Crippen LogP contribution >= 0.6 is 11.3 Å². The first-order valence-corrected chi connectivity index (χ1v) is 7.60. The van der Waals surface area contributed by atoms with Crippen molar-refractivity contribution in [1.29, 1.82) is 0 Å². The van der Waals surface area contributed by atoms with Crippen LogP contribution in [0.15, 0.2) is 41.3 Å². The lowest BCUT2D eigenvalue weighted by Gasteiger charge is -2.20. The van der Waals surface area contributed by atoms with E-state index in [1.165, 1.54) is 0 Å². The number of rotatable bonds is 3. The summed E-state index contributed by atoms with van der Waals surface area (Å²) in [4.78, 5) is 24.6. The summed E-state index contributed by atoms with van der Waals surface area (Å²) in [6.07, 6.45) is 1.83. The van der Waals surface area contributed by atoms with Gasteiger partial charge in [0.05, 0.1) is 11.4 Å². The minimum atomic E-state index is -0.206. The van der Waals surface area contributed by atoms with Gasteiger partial charge >= 0.3 is 0 Å². The molecule has 0 radical (unpaired) electrons. The van der Waals surface area contributed by atoms with Crippen LogP contribution in [0.3, 0.4) is 0 Å². The average molecular weight is 314 g/mol. The summed E-state index contributed by atoms with van der Waals surface area (Å²) in [6.45, 7) is 1.71. The fourth-order valence-electron chi connectivity index (χ4n) is 2.09. The van der Waals surface area contributed by atoms with E-state index in [-0.39, 0.29) is 18.4 Å². The molecule has 112 valence electrons. The highest BCUT2D eigenvalue weighted by atomic mass is 32.1. The standard InChI is InChI=1S/C16H14N2O3S/c1-10(8-11-4-3-7-22-11)16(20)18-13-6-2-5-12-15(13)21-9-14(19)17-12/h2-8H,9H2,1H3,(H,17,19)(H,18,20)/b10-8+. The molecule has 1 aromatic heterocycles. The van der Waals surface area contributed by atoms with E-state index in [1.54, 1.807) is 36.5 Å². The summed E-state index contributed by atoms with van der Waals surface area (Å²) in [6, 6.07) is 9.11. The normalized spacial score (nSPS) is 13.9. The number of benzene rings is 1. The molecule has 0 atom stereocenters. The van der Waals surface area contributed by atoms with Crippen LogP contribution in [0.25, 0.3) is 6.08 Å². The number of para-hydroxylation sites is 1. The van der Waals surface area contributed by atoms with E-state index in [1.807, 2.05) is 23.6 Å². The molecule has 2 amide bonds. The first kappa shape index (κ1) is 14.3. The molecule has 2 N–H and O–H groups in total. The lowest BCUT2D eigenvalue weighted by molar-refractivity contribution is -0.118. The second-order valence-electron chi connectivity index (χ2n) is 4.82. The number of thiophene rings is 1. The Kier molecular flexibility index (Phi) is 3.93. The molecule has 2 aromatic rings. The zero-order chi connectivity index (χ0) is 15.5. The topological polar surface area (TPSA) is 67.4 Å². The molecular formula is C16H14N2O3S. The van der Waals surface area contributed by atoms with Gasteiger partial charge in [-0.25, -0.2) is 0 Å². The Morgan fingerprint density at radius 3 is 3.00 bits per heavy atom. The number of fused-ring (bicyclic) bond motifs is 1. The summed E-state index contributed by atoms with van der Waals surface area (Å²) in [7, 11) is 0. The van der Waals surface area contributed by atoms with E-state index in [0.29, 0.717) is 22.7 Å². The van der Waals surface area contributed by atoms with Crippen molar-refractivity contribution in [2.75, 3.05) is 17.2 Å². The van der Waals surface area contributed by atoms with E-state index in [9.17, 15) is 9.59 Å². The molecule has 1 aliphatic rings. The molecule has 0 bridgehead atoms. The van der Waals surface area contributed by atoms with Crippen molar-refractivity contribution in [3.05, 3.63) is 46.2 Å². The van der Waals surface area contributed by atoms with E-state index in [0.717, 1.165) is 4.88 Å². The number of hydrogen-bond donors (Lipinski definition) is 2. The van der Waals surface area contributed by atoms with Crippen molar-refractivity contribution >= 4 is 40.6 Å². The van der Waals surface area contributed by atoms with Crippen LogP contribution in [0.2, 0.25) is 0 Å². The zero-order valence-corrected chi connectivity index (χ0v) is 12.7. The Balaban J connectivity index is 1.80. The lowest BCUT2D eigenvalue weighted by Crippen LogP contribution is -2.26. The first-order chi connectivity index (χ1) is 10.6. The summed E-state index contributed by atoms with van der Waals surface area (Å²) in [5, 5.41) is 7.49. The SMILES string of the molecule is C/C(=C\c1cccs1)C(=O)Nc1cccc2c1OCC(=O)N2. The maximum atomic E-state index is 12.3. The third-order valence-electron chi connectivity index (χ3n) is 3.15. The van der Waals surface area contributed by atoms with Gasteiger partial charge in [-0.05, 0) is 36.6 Å². The maximum Gasteiger partial charge on any atom is 0.262 e. The van der Waals surface area contributed by atoms with E-state index < -0.39 is 0 Å². The van der Waals surface area contributed by atoms with Crippen LogP contribution in [0.4, 0.5) is 11.4 Å². The van der Waals surface area contributed by atoms with Crippen molar-refractivity contribution < 1.29 is 14.3 Å². The number of hydrogen-bond acceptors (Lipinski definition) is 4. The van der Waals surface area contributed by atoms with Gasteiger partial charge in [-0.3, -0.25) is 9.59 Å². The van der Waals surface area contributed by atoms with Gasteiger partial charge in [-0.15, -0.1) is 11.3 Å². The van der Waals surface area contributed by atoms with Gasteiger partial charge in [-0.2, -0.15) is 0 Å². The first-order valence-electron chi connectivity index (χ1n) is 6.72. The van der Waals surface area contributed by atoms with Crippen LogP contribution in [-0.2, 0) is 9.59 Å². The Morgan fingerprint density at radius 2 is 2.23 bits per heavy atom. The lowest BCUT2D eigenvalue weighted by atomic mass is 10.2. The third-order valence-corrected chi connectivity index (χ3v) is 3.96. The van der Waals surface area contributed by atoms with Gasteiger partial charge in [0.1, 0.15) is 0 Å². The molecule has 0 saturated carbocycles. The molecule has 0 aliphatic carbocycles. The van der Waals surface area contributed by atoms with E-state index in [4.69, 9.17) is 4.74 Å². The molecule has 5 nitrogen and oxygen atoms in total. The van der Waals surface area contributed by atoms with Crippen LogP contribution in [0.1, 0.15) is 11.8 Å². The number of carbonyl (C=O) groups is 2. The third kappa shape index (κ3) is 3.01. The second kappa shape index (κ2) is 6.03. The summed E-state index contributed by atoms with van der Waals surface area (Å²) >= 11 is 1.57. The predicted molar refractivity (Wildman–Crippen MR) is 87.2 cm³/mol. The number of anilines is 2. The van der Waals surface area contributed by atoms with Gasteiger partial charge in [0.15, 0.2) is 12.4 Å². The van der Waals surface area contributed by atoms with Gasteiger partial charge in [-0.1, -0.05) is 12.1 Å². The smallest absolute Gasteiger partial charge is 0.262 e. The molecule has 0 fully saturated rings. The monoisotopic (exact) mass is 314 g/mol. The average Bonchev–Trinajstić information content (AvgIpc) is 3.00. The minimum absolute atomic E-state index is 0.0517. The Bertz CT molecular complexity index is 751. The number of carbonyl (C=O) groups excluding carboxylic acids is 2. The minimum Gasteiger partial charge on any atom is -0.479 e. The van der Waals surface area contributed by atoms with Gasteiger partial charge in [0, 0.05) is 10.5 Å². The summed E-state index contributed by atoms with van der Waals surface area (Å²) < 4.78 is 5.41. The van der Waals surface area contributed by atoms with Gasteiger partial charge < -0.3 is 15.4 Å². The number of amides is 2. The number of nitrogens with one attached hydrogen (secondary N) is 2. The molecule has 0 unspecified atom stereocenters. The van der Waals surface area contributed by atoms with Crippen molar-refractivity contribution in [2.24, 2.45) is 0 Å². The van der Waals surface area contributed by atoms with Crippen molar-refractivity contribution in [2.45, 2.75) is 6.92 Å². The molecule has 3 rings (SSSR count). The van der Waals surface area contributed by atoms with E-state index >= 15 is 0 Å². The van der Waals surface area contributed by atoms with E-state index in [2.05, 4.69) is 10.6 Å². The molecule has 0 saturated heterocycles. The zero-order valence-electron chi connectivity index (χ0n) is 11.9. The van der Waals surface area contributed by atoms with Crippen LogP contribution in [0, 0.1) is 0 Å². The van der Waals surface area contributed by atoms with Crippen LogP contribution < -0.4 is 15.4 Å². The highest BCUT2D eigenvalue weighted by Gasteiger charge is 2.20. The molecule has 6 heteroatoms. The molecule has 22 heavy (non-hydrogen) atoms. The Labute approximate surface area is 131 Å². The van der Waals surface area contributed by atoms with Crippen molar-refractivity contribution in [3.8, 4) is 5.75 Å².